The zero-order valence-electron chi connectivity index (χ0n) is 16.7. The number of fused-ring (bicyclic) bond motifs is 3. The summed E-state index contributed by atoms with van der Waals surface area (Å²) in [5, 5.41) is 0.838. The molecule has 7 heteroatoms. The second-order valence-corrected chi connectivity index (χ2v) is 6.80. The van der Waals surface area contributed by atoms with Crippen LogP contribution in [0.4, 0.5) is 0 Å². The van der Waals surface area contributed by atoms with Gasteiger partial charge in [0, 0.05) is 25.6 Å². The Kier molecular flexibility index (Phi) is 5.42. The minimum atomic E-state index is -0.410. The van der Waals surface area contributed by atoms with E-state index in [4.69, 9.17) is 23.4 Å². The second-order valence-electron chi connectivity index (χ2n) is 6.80. The molecule has 29 heavy (non-hydrogen) atoms. The van der Waals surface area contributed by atoms with E-state index in [0.29, 0.717) is 48.1 Å². The van der Waals surface area contributed by atoms with Gasteiger partial charge in [0.05, 0.1) is 32.0 Å². The van der Waals surface area contributed by atoms with Crippen molar-refractivity contribution >= 4 is 11.0 Å². The number of benzene rings is 2. The molecule has 0 atom stereocenters. The number of ether oxygens (including phenoxy) is 4. The molecule has 1 aromatic heterocycles. The molecule has 0 radical (unpaired) electrons. The number of hydrogen-bond acceptors (Lipinski definition) is 7. The van der Waals surface area contributed by atoms with Crippen molar-refractivity contribution in [1.82, 2.24) is 4.90 Å². The Morgan fingerprint density at radius 3 is 2.62 bits per heavy atom. The first kappa shape index (κ1) is 19.3. The Hall–Kier alpha value is -3.03. The molecule has 0 saturated carbocycles. The van der Waals surface area contributed by atoms with E-state index in [1.165, 1.54) is 0 Å². The summed E-state index contributed by atoms with van der Waals surface area (Å²) >= 11 is 0. The smallest absolute Gasteiger partial charge is 0.344 e. The fourth-order valence-corrected chi connectivity index (χ4v) is 3.51. The Morgan fingerprint density at radius 1 is 1.03 bits per heavy atom. The molecule has 0 N–H and O–H groups in total. The molecule has 3 aromatic rings. The molecule has 4 rings (SSSR count). The third kappa shape index (κ3) is 3.66. The molecular formula is C22H23NO6. The van der Waals surface area contributed by atoms with Gasteiger partial charge in [-0.1, -0.05) is 6.07 Å². The van der Waals surface area contributed by atoms with Crippen molar-refractivity contribution in [2.45, 2.75) is 6.54 Å². The summed E-state index contributed by atoms with van der Waals surface area (Å²) in [6, 6.07) is 11.0. The molecule has 1 aliphatic heterocycles. The van der Waals surface area contributed by atoms with Crippen LogP contribution in [0, 0.1) is 0 Å². The summed E-state index contributed by atoms with van der Waals surface area (Å²) in [6.07, 6.45) is 0. The number of rotatable bonds is 6. The van der Waals surface area contributed by atoms with E-state index in [0.717, 1.165) is 23.2 Å². The quantitative estimate of drug-likeness (QED) is 0.591. The van der Waals surface area contributed by atoms with Gasteiger partial charge in [-0.2, -0.15) is 0 Å². The lowest BCUT2D eigenvalue weighted by molar-refractivity contribution is 0.0658. The first-order valence-corrected chi connectivity index (χ1v) is 9.31. The van der Waals surface area contributed by atoms with E-state index in [2.05, 4.69) is 4.90 Å². The highest BCUT2D eigenvalue weighted by molar-refractivity contribution is 5.86. The van der Waals surface area contributed by atoms with Gasteiger partial charge in [0.15, 0.2) is 11.5 Å². The van der Waals surface area contributed by atoms with Gasteiger partial charge in [0.25, 0.3) is 0 Å². The van der Waals surface area contributed by atoms with Crippen LogP contribution >= 0.6 is 0 Å². The zero-order valence-corrected chi connectivity index (χ0v) is 16.7. The summed E-state index contributed by atoms with van der Waals surface area (Å²) in [5.41, 5.74) is 2.19. The van der Waals surface area contributed by atoms with Crippen LogP contribution < -0.4 is 19.8 Å². The normalized spacial score (nSPS) is 13.8. The van der Waals surface area contributed by atoms with Crippen molar-refractivity contribution in [2.75, 3.05) is 41.2 Å². The van der Waals surface area contributed by atoms with Crippen LogP contribution in [0.15, 0.2) is 45.6 Å². The van der Waals surface area contributed by atoms with Crippen LogP contribution in [0.2, 0.25) is 0 Å². The van der Waals surface area contributed by atoms with Crippen molar-refractivity contribution in [2.24, 2.45) is 0 Å². The molecule has 0 amide bonds. The highest BCUT2D eigenvalue weighted by Crippen LogP contribution is 2.35. The van der Waals surface area contributed by atoms with Crippen molar-refractivity contribution in [1.29, 1.82) is 0 Å². The fraction of sp³-hybridized carbons (Fsp3) is 0.318. The maximum Gasteiger partial charge on any atom is 0.344 e. The lowest BCUT2D eigenvalue weighted by Gasteiger charge is -2.28. The molecule has 0 fully saturated rings. The van der Waals surface area contributed by atoms with E-state index in [1.807, 2.05) is 24.3 Å². The Balaban J connectivity index is 1.77. The van der Waals surface area contributed by atoms with Crippen LogP contribution in [0.25, 0.3) is 22.1 Å². The van der Waals surface area contributed by atoms with Crippen LogP contribution in [0.3, 0.4) is 0 Å². The van der Waals surface area contributed by atoms with Gasteiger partial charge in [0.2, 0.25) is 0 Å². The van der Waals surface area contributed by atoms with E-state index in [-0.39, 0.29) is 0 Å². The second kappa shape index (κ2) is 8.14. The van der Waals surface area contributed by atoms with Crippen molar-refractivity contribution in [3.8, 4) is 28.4 Å². The average molecular weight is 397 g/mol. The van der Waals surface area contributed by atoms with Crippen LogP contribution in [-0.2, 0) is 11.3 Å². The van der Waals surface area contributed by atoms with Gasteiger partial charge in [-0.05, 0) is 35.9 Å². The van der Waals surface area contributed by atoms with E-state index in [9.17, 15) is 4.79 Å². The molecule has 7 nitrogen and oxygen atoms in total. The Morgan fingerprint density at radius 2 is 1.86 bits per heavy atom. The molecule has 0 unspecified atom stereocenters. The molecule has 0 saturated heterocycles. The third-order valence-electron chi connectivity index (χ3n) is 5.05. The summed E-state index contributed by atoms with van der Waals surface area (Å²) < 4.78 is 27.4. The highest BCUT2D eigenvalue weighted by Gasteiger charge is 2.22. The largest absolute Gasteiger partial charge is 0.493 e. The molecule has 2 heterocycles. The number of methoxy groups -OCH3 is 3. The maximum atomic E-state index is 12.8. The first-order valence-electron chi connectivity index (χ1n) is 9.31. The first-order chi connectivity index (χ1) is 14.1. The third-order valence-corrected chi connectivity index (χ3v) is 5.05. The molecule has 0 spiro atoms. The molecule has 152 valence electrons. The van der Waals surface area contributed by atoms with Gasteiger partial charge < -0.3 is 23.4 Å². The average Bonchev–Trinajstić information content (AvgIpc) is 2.76. The lowest BCUT2D eigenvalue weighted by Crippen LogP contribution is -2.34. The van der Waals surface area contributed by atoms with Gasteiger partial charge in [-0.3, -0.25) is 4.90 Å². The topological polar surface area (TPSA) is 70.4 Å². The van der Waals surface area contributed by atoms with Crippen LogP contribution in [0.1, 0.15) is 5.56 Å². The standard InChI is InChI=1S/C22H23NO6/c1-25-9-8-23-12-17-18(28-13-23)6-5-15-10-16(22(24)29-21(15)17)14-4-7-19(26-2)20(11-14)27-3/h4-7,10-11H,8-9,12-13H2,1-3H3. The highest BCUT2D eigenvalue weighted by atomic mass is 16.5. The SMILES string of the molecule is COCCN1COc2ccc3cc(-c4ccc(OC)c(OC)c4)c(=O)oc3c2C1. The van der Waals surface area contributed by atoms with Crippen molar-refractivity contribution in [3.05, 3.63) is 52.4 Å². The minimum Gasteiger partial charge on any atom is -0.493 e. The summed E-state index contributed by atoms with van der Waals surface area (Å²) in [6.45, 7) is 2.46. The predicted octanol–water partition coefficient (Wildman–Crippen LogP) is 3.28. The number of nitrogens with zero attached hydrogens (tertiary/aromatic N) is 1. The fourth-order valence-electron chi connectivity index (χ4n) is 3.51. The molecule has 0 bridgehead atoms. The molecule has 2 aromatic carbocycles. The summed E-state index contributed by atoms with van der Waals surface area (Å²) in [4.78, 5) is 14.9. The zero-order chi connectivity index (χ0) is 20.4. The monoisotopic (exact) mass is 397 g/mol. The van der Waals surface area contributed by atoms with Gasteiger partial charge >= 0.3 is 5.63 Å². The van der Waals surface area contributed by atoms with E-state index >= 15 is 0 Å². The van der Waals surface area contributed by atoms with Crippen LogP contribution in [0.5, 0.6) is 17.2 Å². The Labute approximate surface area is 168 Å². The van der Waals surface area contributed by atoms with Crippen molar-refractivity contribution in [3.63, 3.8) is 0 Å². The minimum absolute atomic E-state index is 0.410. The van der Waals surface area contributed by atoms with E-state index in [1.54, 1.807) is 33.5 Å². The Bertz CT molecular complexity index is 1090. The predicted molar refractivity (Wildman–Crippen MR) is 109 cm³/mol. The lowest BCUT2D eigenvalue weighted by atomic mass is 10.0. The van der Waals surface area contributed by atoms with Gasteiger partial charge in [-0.25, -0.2) is 4.79 Å². The summed E-state index contributed by atoms with van der Waals surface area (Å²) in [5.74, 6) is 1.90. The van der Waals surface area contributed by atoms with Gasteiger partial charge in [0.1, 0.15) is 18.1 Å². The van der Waals surface area contributed by atoms with E-state index < -0.39 is 5.63 Å². The maximum absolute atomic E-state index is 12.8. The van der Waals surface area contributed by atoms with Gasteiger partial charge in [-0.15, -0.1) is 0 Å². The number of hydrogen-bond donors (Lipinski definition) is 0. The molecular weight excluding hydrogens is 374 g/mol. The summed E-state index contributed by atoms with van der Waals surface area (Å²) in [7, 11) is 4.80. The van der Waals surface area contributed by atoms with Crippen molar-refractivity contribution < 1.29 is 23.4 Å². The molecule has 0 aliphatic carbocycles. The molecule has 1 aliphatic rings. The van der Waals surface area contributed by atoms with Crippen LogP contribution in [-0.4, -0.2) is 46.1 Å².